The molecule has 2 rings (SSSR count). The third-order valence-corrected chi connectivity index (χ3v) is 4.34. The van der Waals surface area contributed by atoms with Crippen molar-refractivity contribution >= 4 is 46.3 Å². The summed E-state index contributed by atoms with van der Waals surface area (Å²) in [5, 5.41) is 0.765. The number of hydrogen-bond donors (Lipinski definition) is 0. The van der Waals surface area contributed by atoms with Gasteiger partial charge in [0.25, 0.3) is 0 Å². The Bertz CT molecular complexity index is 716. The molecule has 2 aromatic carbocycles. The summed E-state index contributed by atoms with van der Waals surface area (Å²) >= 11 is 12.0. The minimum atomic E-state index is -0.727. The standard InChI is InChI=1S/C18H17Cl2NO2/c1-3-17(22)12(2)18(23)21(13-7-5-4-6-8-13)14-9-10-15(19)16(20)11-14/h4-12H,3H2,1-2H3. The number of benzene rings is 2. The number of carbonyl (C=O) groups excluding carboxylic acids is 2. The lowest BCUT2D eigenvalue weighted by molar-refractivity contribution is -0.131. The molecule has 5 heteroatoms. The van der Waals surface area contributed by atoms with Crippen molar-refractivity contribution < 1.29 is 9.59 Å². The minimum Gasteiger partial charge on any atom is -0.299 e. The lowest BCUT2D eigenvalue weighted by atomic mass is 10.0. The number of ketones is 1. The van der Waals surface area contributed by atoms with E-state index in [2.05, 4.69) is 0 Å². The smallest absolute Gasteiger partial charge is 0.241 e. The van der Waals surface area contributed by atoms with Crippen molar-refractivity contribution in [3.05, 3.63) is 58.6 Å². The zero-order valence-corrected chi connectivity index (χ0v) is 14.4. The van der Waals surface area contributed by atoms with Gasteiger partial charge in [-0.1, -0.05) is 48.3 Å². The van der Waals surface area contributed by atoms with Gasteiger partial charge >= 0.3 is 0 Å². The van der Waals surface area contributed by atoms with Crippen LogP contribution in [0.15, 0.2) is 48.5 Å². The molecule has 1 amide bonds. The van der Waals surface area contributed by atoms with Crippen molar-refractivity contribution in [2.45, 2.75) is 20.3 Å². The third-order valence-electron chi connectivity index (χ3n) is 3.60. The van der Waals surface area contributed by atoms with Crippen molar-refractivity contribution in [3.63, 3.8) is 0 Å². The van der Waals surface area contributed by atoms with E-state index < -0.39 is 5.92 Å². The lowest BCUT2D eigenvalue weighted by Crippen LogP contribution is -2.35. The Morgan fingerprint density at radius 2 is 1.65 bits per heavy atom. The number of halogens is 2. The average Bonchev–Trinajstić information content (AvgIpc) is 2.57. The van der Waals surface area contributed by atoms with E-state index in [1.807, 2.05) is 30.3 Å². The zero-order chi connectivity index (χ0) is 17.0. The van der Waals surface area contributed by atoms with Crippen LogP contribution in [-0.4, -0.2) is 11.7 Å². The van der Waals surface area contributed by atoms with Gasteiger partial charge in [0, 0.05) is 12.1 Å². The number of anilines is 2. The van der Waals surface area contributed by atoms with Crippen molar-refractivity contribution in [1.29, 1.82) is 0 Å². The Labute approximate surface area is 145 Å². The molecule has 0 aliphatic carbocycles. The number of para-hydroxylation sites is 1. The summed E-state index contributed by atoms with van der Waals surface area (Å²) in [5.41, 5.74) is 1.25. The summed E-state index contributed by atoms with van der Waals surface area (Å²) in [6, 6.07) is 14.1. The highest BCUT2D eigenvalue weighted by Crippen LogP contribution is 2.32. The molecule has 3 nitrogen and oxygen atoms in total. The maximum Gasteiger partial charge on any atom is 0.241 e. The highest BCUT2D eigenvalue weighted by Gasteiger charge is 2.27. The van der Waals surface area contributed by atoms with Crippen LogP contribution in [-0.2, 0) is 9.59 Å². The number of carbonyl (C=O) groups is 2. The predicted molar refractivity (Wildman–Crippen MR) is 94.5 cm³/mol. The molecule has 1 unspecified atom stereocenters. The molecule has 0 saturated carbocycles. The number of hydrogen-bond acceptors (Lipinski definition) is 2. The summed E-state index contributed by atoms with van der Waals surface area (Å²) < 4.78 is 0. The Morgan fingerprint density at radius 3 is 2.22 bits per heavy atom. The number of Topliss-reactive ketones (excluding diaryl/α,β-unsaturated/α-hetero) is 1. The van der Waals surface area contributed by atoms with Crippen molar-refractivity contribution in [2.75, 3.05) is 4.90 Å². The second kappa shape index (κ2) is 7.62. The fraction of sp³-hybridized carbons (Fsp3) is 0.222. The van der Waals surface area contributed by atoms with Crippen LogP contribution in [0, 0.1) is 5.92 Å². The molecular formula is C18H17Cl2NO2. The van der Waals surface area contributed by atoms with Crippen LogP contribution >= 0.6 is 23.2 Å². The molecule has 0 heterocycles. The molecule has 1 atom stereocenters. The SMILES string of the molecule is CCC(=O)C(C)C(=O)N(c1ccccc1)c1ccc(Cl)c(Cl)c1. The fourth-order valence-corrected chi connectivity index (χ4v) is 2.53. The van der Waals surface area contributed by atoms with Gasteiger partial charge in [-0.05, 0) is 37.3 Å². The molecule has 0 aliphatic rings. The van der Waals surface area contributed by atoms with E-state index in [1.54, 1.807) is 32.0 Å². The third kappa shape index (κ3) is 3.92. The second-order valence-electron chi connectivity index (χ2n) is 5.15. The van der Waals surface area contributed by atoms with E-state index in [4.69, 9.17) is 23.2 Å². The van der Waals surface area contributed by atoms with Crippen LogP contribution in [0.4, 0.5) is 11.4 Å². The van der Waals surface area contributed by atoms with Gasteiger partial charge in [0.15, 0.2) is 0 Å². The van der Waals surface area contributed by atoms with Gasteiger partial charge in [0.1, 0.15) is 5.78 Å². The monoisotopic (exact) mass is 349 g/mol. The highest BCUT2D eigenvalue weighted by molar-refractivity contribution is 6.42. The van der Waals surface area contributed by atoms with Crippen LogP contribution in [0.2, 0.25) is 10.0 Å². The van der Waals surface area contributed by atoms with E-state index in [0.29, 0.717) is 27.8 Å². The fourth-order valence-electron chi connectivity index (χ4n) is 2.24. The first-order valence-corrected chi connectivity index (χ1v) is 8.08. The van der Waals surface area contributed by atoms with Crippen LogP contribution < -0.4 is 4.90 Å². The van der Waals surface area contributed by atoms with Gasteiger partial charge in [-0.25, -0.2) is 0 Å². The zero-order valence-electron chi connectivity index (χ0n) is 12.9. The van der Waals surface area contributed by atoms with E-state index in [0.717, 1.165) is 0 Å². The molecule has 0 aromatic heterocycles. The van der Waals surface area contributed by atoms with Gasteiger partial charge in [0.2, 0.25) is 5.91 Å². The molecule has 0 N–H and O–H groups in total. The quantitative estimate of drug-likeness (QED) is 0.689. The van der Waals surface area contributed by atoms with Crippen molar-refractivity contribution in [2.24, 2.45) is 5.92 Å². The Morgan fingerprint density at radius 1 is 1.00 bits per heavy atom. The van der Waals surface area contributed by atoms with Crippen LogP contribution in [0.25, 0.3) is 0 Å². The predicted octanol–water partition coefficient (Wildman–Crippen LogP) is 5.27. The highest BCUT2D eigenvalue weighted by atomic mass is 35.5. The van der Waals surface area contributed by atoms with E-state index in [9.17, 15) is 9.59 Å². The maximum absolute atomic E-state index is 12.9. The van der Waals surface area contributed by atoms with E-state index >= 15 is 0 Å². The number of rotatable bonds is 5. The van der Waals surface area contributed by atoms with Gasteiger partial charge in [0.05, 0.1) is 21.7 Å². The molecule has 2 aromatic rings. The molecule has 0 spiro atoms. The first-order valence-electron chi connectivity index (χ1n) is 7.32. The maximum atomic E-state index is 12.9. The first-order chi connectivity index (χ1) is 11.0. The molecule has 23 heavy (non-hydrogen) atoms. The molecule has 0 bridgehead atoms. The second-order valence-corrected chi connectivity index (χ2v) is 5.96. The average molecular weight is 350 g/mol. The van der Waals surface area contributed by atoms with Crippen LogP contribution in [0.5, 0.6) is 0 Å². The Kier molecular flexibility index (Phi) is 5.80. The summed E-state index contributed by atoms with van der Waals surface area (Å²) in [4.78, 5) is 26.3. The van der Waals surface area contributed by atoms with Crippen LogP contribution in [0.1, 0.15) is 20.3 Å². The number of amides is 1. The molecular weight excluding hydrogens is 333 g/mol. The normalized spacial score (nSPS) is 11.8. The summed E-state index contributed by atoms with van der Waals surface area (Å²) in [7, 11) is 0. The lowest BCUT2D eigenvalue weighted by Gasteiger charge is -2.26. The van der Waals surface area contributed by atoms with Crippen molar-refractivity contribution in [1.82, 2.24) is 0 Å². The molecule has 0 radical (unpaired) electrons. The van der Waals surface area contributed by atoms with Gasteiger partial charge in [-0.3, -0.25) is 14.5 Å². The molecule has 0 saturated heterocycles. The molecule has 0 fully saturated rings. The van der Waals surface area contributed by atoms with E-state index in [1.165, 1.54) is 4.90 Å². The Hall–Kier alpha value is -1.84. The largest absolute Gasteiger partial charge is 0.299 e. The van der Waals surface area contributed by atoms with E-state index in [-0.39, 0.29) is 11.7 Å². The number of nitrogens with zero attached hydrogens (tertiary/aromatic N) is 1. The van der Waals surface area contributed by atoms with Gasteiger partial charge < -0.3 is 0 Å². The van der Waals surface area contributed by atoms with Gasteiger partial charge in [-0.15, -0.1) is 0 Å². The summed E-state index contributed by atoms with van der Waals surface area (Å²) in [5.74, 6) is -1.12. The van der Waals surface area contributed by atoms with Gasteiger partial charge in [-0.2, -0.15) is 0 Å². The first kappa shape index (κ1) is 17.5. The van der Waals surface area contributed by atoms with Crippen LogP contribution in [0.3, 0.4) is 0 Å². The molecule has 120 valence electrons. The summed E-state index contributed by atoms with van der Waals surface area (Å²) in [6.45, 7) is 3.37. The Balaban J connectivity index is 2.50. The molecule has 0 aliphatic heterocycles. The summed E-state index contributed by atoms with van der Waals surface area (Å²) in [6.07, 6.45) is 0.316. The minimum absolute atomic E-state index is 0.101. The van der Waals surface area contributed by atoms with Crippen molar-refractivity contribution in [3.8, 4) is 0 Å². The topological polar surface area (TPSA) is 37.4 Å².